The molecule has 0 saturated carbocycles. The Labute approximate surface area is 327 Å². The molecule has 54 heavy (non-hydrogen) atoms. The fourth-order valence-corrected chi connectivity index (χ4v) is 8.50. The Bertz CT molecular complexity index is 1890. The number of ether oxygens (including phenoxy) is 1. The summed E-state index contributed by atoms with van der Waals surface area (Å²) in [7, 11) is 1.10. The van der Waals surface area contributed by atoms with E-state index in [1.165, 1.54) is 17.0 Å². The third kappa shape index (κ3) is 8.72. The van der Waals surface area contributed by atoms with Gasteiger partial charge in [0.05, 0.1) is 23.9 Å². The number of halogens is 5. The molecule has 3 aliphatic rings. The van der Waals surface area contributed by atoms with Crippen molar-refractivity contribution in [2.24, 2.45) is 0 Å². The number of para-hydroxylation sites is 1. The molecule has 0 radical (unpaired) electrons. The van der Waals surface area contributed by atoms with E-state index in [0.29, 0.717) is 52.7 Å². The van der Waals surface area contributed by atoms with Gasteiger partial charge < -0.3 is 40.7 Å². The number of rotatable bonds is 7. The number of amides is 5. The number of carbonyl (C=O) groups excluding carboxylic acids is 4. The number of nitrogens with zero attached hydrogens (tertiary/aromatic N) is 4. The number of carbonyl (C=O) groups is 4. The minimum atomic E-state index is -4.73. The number of likely N-dealkylation sites (tertiary alicyclic amines) is 1. The largest absolute Gasteiger partial charge is 0.465 e. The first-order valence-corrected chi connectivity index (χ1v) is 19.1. The van der Waals surface area contributed by atoms with Crippen molar-refractivity contribution >= 4 is 72.9 Å². The third-order valence-corrected chi connectivity index (χ3v) is 11.5. The number of benzene rings is 3. The summed E-state index contributed by atoms with van der Waals surface area (Å²) in [5.74, 6) is -1.25. The minimum Gasteiger partial charge on any atom is -0.465 e. The Morgan fingerprint density at radius 2 is 1.61 bits per heavy atom. The SMILES string of the molecule is COC(=O)c1ccc(N2CCN(C(=O)[C@H](Cc3cc(Br)c(N)c(Br)c3)NC(=O)N3CCC(N4CCc5ccccc5NC4=O)CC3)CC2)c(C(F)(F)F)c1. The molecular weight excluding hydrogens is 839 g/mol. The molecule has 0 unspecified atom stereocenters. The molecule has 3 aromatic rings. The van der Waals surface area contributed by atoms with Gasteiger partial charge in [0.2, 0.25) is 5.91 Å². The highest BCUT2D eigenvalue weighted by atomic mass is 79.9. The van der Waals surface area contributed by atoms with Gasteiger partial charge in [-0.1, -0.05) is 18.2 Å². The highest BCUT2D eigenvalue weighted by molar-refractivity contribution is 9.11. The van der Waals surface area contributed by atoms with Crippen LogP contribution in [-0.2, 0) is 28.5 Å². The van der Waals surface area contributed by atoms with Gasteiger partial charge in [-0.2, -0.15) is 13.2 Å². The molecular formula is C37H40Br2F3N7O5. The van der Waals surface area contributed by atoms with E-state index < -0.39 is 29.8 Å². The number of piperazine rings is 1. The number of alkyl halides is 3. The van der Waals surface area contributed by atoms with Crippen molar-refractivity contribution in [3.8, 4) is 0 Å². The van der Waals surface area contributed by atoms with Crippen LogP contribution in [0.5, 0.6) is 0 Å². The Kier molecular flexibility index (Phi) is 12.0. The number of nitrogens with two attached hydrogens (primary N) is 1. The number of piperidine rings is 1. The molecule has 288 valence electrons. The van der Waals surface area contributed by atoms with Gasteiger partial charge in [0.25, 0.3) is 0 Å². The molecule has 0 spiro atoms. The van der Waals surface area contributed by atoms with Crippen molar-refractivity contribution in [3.05, 3.63) is 85.8 Å². The Morgan fingerprint density at radius 3 is 2.26 bits per heavy atom. The van der Waals surface area contributed by atoms with Gasteiger partial charge in [-0.3, -0.25) is 4.79 Å². The van der Waals surface area contributed by atoms with Gasteiger partial charge in [0, 0.05) is 78.6 Å². The molecule has 0 aromatic heterocycles. The number of anilines is 3. The maximum atomic E-state index is 14.1. The molecule has 3 heterocycles. The third-order valence-electron chi connectivity index (χ3n) is 10.2. The molecule has 0 aliphatic carbocycles. The van der Waals surface area contributed by atoms with Crippen LogP contribution in [0.4, 0.5) is 39.8 Å². The van der Waals surface area contributed by atoms with Crippen molar-refractivity contribution in [1.29, 1.82) is 0 Å². The standard InChI is InChI=1S/C37H40Br2F3N7O5/c1-54-34(51)24-6-7-31(26(21-24)37(40,41)42)46-14-16-47(17-15-46)33(50)30(20-22-18-27(38)32(43)28(39)19-22)45-35(52)48-11-9-25(10-12-48)49-13-8-23-4-2-3-5-29(23)44-36(49)53/h2-7,18-19,21,25,30H,8-17,20,43H2,1H3,(H,44,53)(H,45,52)/t30-/m0/s1. The van der Waals surface area contributed by atoms with Crippen molar-refractivity contribution in [3.63, 3.8) is 0 Å². The monoisotopic (exact) mass is 877 g/mol. The van der Waals surface area contributed by atoms with Crippen LogP contribution in [0.2, 0.25) is 0 Å². The molecule has 2 saturated heterocycles. The fraction of sp³-hybridized carbons (Fsp3) is 0.405. The Balaban J connectivity index is 1.13. The van der Waals surface area contributed by atoms with Gasteiger partial charge in [-0.25, -0.2) is 14.4 Å². The van der Waals surface area contributed by atoms with Gasteiger partial charge in [-0.05, 0) is 98.6 Å². The number of esters is 1. The first kappa shape index (κ1) is 39.2. The number of hydrogen-bond donors (Lipinski definition) is 3. The van der Waals surface area contributed by atoms with Crippen LogP contribution in [0.25, 0.3) is 0 Å². The van der Waals surface area contributed by atoms with E-state index in [1.807, 2.05) is 29.2 Å². The van der Waals surface area contributed by atoms with Crippen molar-refractivity contribution in [1.82, 2.24) is 20.0 Å². The molecule has 2 fully saturated rings. The van der Waals surface area contributed by atoms with E-state index in [1.54, 1.807) is 21.9 Å². The average Bonchev–Trinajstić information content (AvgIpc) is 3.33. The zero-order chi connectivity index (χ0) is 38.7. The van der Waals surface area contributed by atoms with Crippen molar-refractivity contribution in [2.75, 3.05) is 68.9 Å². The van der Waals surface area contributed by atoms with Crippen molar-refractivity contribution < 1.29 is 37.1 Å². The summed E-state index contributed by atoms with van der Waals surface area (Å²) in [5, 5.41) is 5.95. The molecule has 5 amide bonds. The maximum Gasteiger partial charge on any atom is 0.418 e. The zero-order valence-corrected chi connectivity index (χ0v) is 32.6. The highest BCUT2D eigenvalue weighted by Crippen LogP contribution is 2.38. The number of urea groups is 2. The second-order valence-corrected chi connectivity index (χ2v) is 15.2. The zero-order valence-electron chi connectivity index (χ0n) is 29.4. The van der Waals surface area contributed by atoms with E-state index in [-0.39, 0.29) is 61.8 Å². The van der Waals surface area contributed by atoms with Crippen LogP contribution in [0, 0.1) is 0 Å². The normalized spacial score (nSPS) is 17.3. The molecule has 3 aromatic carbocycles. The quantitative estimate of drug-likeness (QED) is 0.192. The number of methoxy groups -OCH3 is 1. The summed E-state index contributed by atoms with van der Waals surface area (Å²) < 4.78 is 48.1. The minimum absolute atomic E-state index is 0.0592. The van der Waals surface area contributed by atoms with Gasteiger partial charge in [0.15, 0.2) is 0 Å². The number of nitrogens with one attached hydrogen (secondary N) is 2. The molecule has 12 nitrogen and oxygen atoms in total. The van der Waals surface area contributed by atoms with Gasteiger partial charge in [-0.15, -0.1) is 0 Å². The van der Waals surface area contributed by atoms with E-state index in [9.17, 15) is 32.3 Å². The summed E-state index contributed by atoms with van der Waals surface area (Å²) in [4.78, 5) is 59.5. The summed E-state index contributed by atoms with van der Waals surface area (Å²) in [6, 6.07) is 12.9. The second kappa shape index (κ2) is 16.5. The molecule has 17 heteroatoms. The first-order chi connectivity index (χ1) is 25.7. The highest BCUT2D eigenvalue weighted by Gasteiger charge is 2.38. The van der Waals surface area contributed by atoms with Crippen LogP contribution in [-0.4, -0.2) is 104 Å². The predicted molar refractivity (Wildman–Crippen MR) is 204 cm³/mol. The van der Waals surface area contributed by atoms with E-state index in [2.05, 4.69) is 47.2 Å². The number of fused-ring (bicyclic) bond motifs is 1. The van der Waals surface area contributed by atoms with E-state index >= 15 is 0 Å². The van der Waals surface area contributed by atoms with Crippen LogP contribution in [0.1, 0.15) is 39.9 Å². The Hall–Kier alpha value is -4.51. The summed E-state index contributed by atoms with van der Waals surface area (Å²) in [6.07, 6.45) is -2.76. The molecule has 4 N–H and O–H groups in total. The lowest BCUT2D eigenvalue weighted by molar-refractivity contribution is -0.137. The van der Waals surface area contributed by atoms with Gasteiger partial charge >= 0.3 is 24.2 Å². The van der Waals surface area contributed by atoms with E-state index in [4.69, 9.17) is 5.73 Å². The lowest BCUT2D eigenvalue weighted by Gasteiger charge is -2.40. The number of nitrogen functional groups attached to an aromatic ring is 1. The first-order valence-electron chi connectivity index (χ1n) is 17.5. The lowest BCUT2D eigenvalue weighted by Crippen LogP contribution is -2.58. The molecule has 3 aliphatic heterocycles. The summed E-state index contributed by atoms with van der Waals surface area (Å²) in [5.41, 5.74) is 7.87. The average molecular weight is 880 g/mol. The molecule has 6 rings (SSSR count). The van der Waals surface area contributed by atoms with E-state index in [0.717, 1.165) is 30.8 Å². The fourth-order valence-electron chi connectivity index (χ4n) is 7.22. The summed E-state index contributed by atoms with van der Waals surface area (Å²) in [6.45, 7) is 1.70. The topological polar surface area (TPSA) is 141 Å². The van der Waals surface area contributed by atoms with Crippen LogP contribution in [0.3, 0.4) is 0 Å². The van der Waals surface area contributed by atoms with Gasteiger partial charge in [0.1, 0.15) is 6.04 Å². The van der Waals surface area contributed by atoms with Crippen LogP contribution < -0.4 is 21.3 Å². The van der Waals surface area contributed by atoms with Crippen LogP contribution >= 0.6 is 31.9 Å². The van der Waals surface area contributed by atoms with Crippen LogP contribution in [0.15, 0.2) is 63.5 Å². The van der Waals surface area contributed by atoms with Crippen molar-refractivity contribution in [2.45, 2.75) is 43.9 Å². The maximum absolute atomic E-state index is 14.1. The molecule has 0 bridgehead atoms. The second-order valence-electron chi connectivity index (χ2n) is 13.5. The Morgan fingerprint density at radius 1 is 0.944 bits per heavy atom. The summed E-state index contributed by atoms with van der Waals surface area (Å²) >= 11 is 6.89. The lowest BCUT2D eigenvalue weighted by atomic mass is 10.0. The smallest absolute Gasteiger partial charge is 0.418 e. The number of hydrogen-bond acceptors (Lipinski definition) is 7. The molecule has 1 atom stereocenters. The predicted octanol–water partition coefficient (Wildman–Crippen LogP) is 6.12.